The molecule has 0 aliphatic heterocycles. The van der Waals surface area contributed by atoms with E-state index in [9.17, 15) is 18.3 Å². The van der Waals surface area contributed by atoms with Gasteiger partial charge in [-0.1, -0.05) is 19.3 Å². The van der Waals surface area contributed by atoms with Crippen LogP contribution in [0, 0.1) is 5.92 Å². The van der Waals surface area contributed by atoms with Gasteiger partial charge in [0, 0.05) is 12.4 Å². The molecule has 0 aromatic carbocycles. The summed E-state index contributed by atoms with van der Waals surface area (Å²) < 4.78 is 39.4. The number of alkyl halides is 3. The SMILES string of the molecule is OC(c1cn2cc(C(F)(F)F)ccc2n1)C1CCCCC1. The van der Waals surface area contributed by atoms with Gasteiger partial charge in [0.15, 0.2) is 0 Å². The zero-order chi connectivity index (χ0) is 15.0. The Hall–Kier alpha value is -1.56. The summed E-state index contributed by atoms with van der Waals surface area (Å²) in [6.07, 6.45) is 2.71. The van der Waals surface area contributed by atoms with Crippen LogP contribution >= 0.6 is 0 Å². The molecule has 0 bridgehead atoms. The zero-order valence-electron chi connectivity index (χ0n) is 11.5. The van der Waals surface area contributed by atoms with Crippen LogP contribution in [0.15, 0.2) is 24.5 Å². The van der Waals surface area contributed by atoms with Crippen LogP contribution in [0.5, 0.6) is 0 Å². The standard InChI is InChI=1S/C15H17F3N2O/c16-15(17,18)11-6-7-13-19-12(9-20(13)8-11)14(21)10-4-2-1-3-5-10/h6-10,14,21H,1-5H2. The van der Waals surface area contributed by atoms with E-state index in [1.165, 1.54) is 23.1 Å². The van der Waals surface area contributed by atoms with E-state index in [0.29, 0.717) is 11.3 Å². The van der Waals surface area contributed by atoms with E-state index in [2.05, 4.69) is 4.98 Å². The van der Waals surface area contributed by atoms with Crippen LogP contribution in [0.3, 0.4) is 0 Å². The van der Waals surface area contributed by atoms with Crippen LogP contribution < -0.4 is 0 Å². The molecule has 114 valence electrons. The summed E-state index contributed by atoms with van der Waals surface area (Å²) in [6.45, 7) is 0. The first kappa shape index (κ1) is 14.4. The number of rotatable bonds is 2. The lowest BCUT2D eigenvalue weighted by Gasteiger charge is -2.25. The average Bonchev–Trinajstić information content (AvgIpc) is 2.89. The molecule has 1 aliphatic rings. The first-order valence-electron chi connectivity index (χ1n) is 7.19. The van der Waals surface area contributed by atoms with Gasteiger partial charge in [-0.2, -0.15) is 13.2 Å². The quantitative estimate of drug-likeness (QED) is 0.911. The highest BCUT2D eigenvalue weighted by atomic mass is 19.4. The van der Waals surface area contributed by atoms with E-state index in [4.69, 9.17) is 0 Å². The van der Waals surface area contributed by atoms with Crippen molar-refractivity contribution in [2.75, 3.05) is 0 Å². The highest BCUT2D eigenvalue weighted by Crippen LogP contribution is 2.34. The van der Waals surface area contributed by atoms with Gasteiger partial charge in [-0.25, -0.2) is 4.98 Å². The summed E-state index contributed by atoms with van der Waals surface area (Å²) in [7, 11) is 0. The molecule has 1 aliphatic carbocycles. The van der Waals surface area contributed by atoms with E-state index in [0.717, 1.165) is 37.9 Å². The molecule has 1 saturated carbocycles. The molecule has 0 radical (unpaired) electrons. The van der Waals surface area contributed by atoms with Crippen LogP contribution in [0.25, 0.3) is 5.65 Å². The summed E-state index contributed by atoms with van der Waals surface area (Å²) in [4.78, 5) is 4.26. The first-order valence-corrected chi connectivity index (χ1v) is 7.19. The topological polar surface area (TPSA) is 37.5 Å². The number of aliphatic hydroxyl groups is 1. The van der Waals surface area contributed by atoms with Gasteiger partial charge in [0.05, 0.1) is 11.3 Å². The molecule has 1 fully saturated rings. The van der Waals surface area contributed by atoms with Crippen molar-refractivity contribution in [2.24, 2.45) is 5.92 Å². The molecule has 3 nitrogen and oxygen atoms in total. The Morgan fingerprint density at radius 3 is 2.52 bits per heavy atom. The van der Waals surface area contributed by atoms with Gasteiger partial charge >= 0.3 is 6.18 Å². The number of aromatic nitrogens is 2. The van der Waals surface area contributed by atoms with Gasteiger partial charge < -0.3 is 9.51 Å². The summed E-state index contributed by atoms with van der Waals surface area (Å²) in [6, 6.07) is 2.35. The van der Waals surface area contributed by atoms with Crippen LogP contribution in [0.4, 0.5) is 13.2 Å². The predicted molar refractivity (Wildman–Crippen MR) is 71.7 cm³/mol. The number of halogens is 3. The monoisotopic (exact) mass is 298 g/mol. The number of hydrogen-bond acceptors (Lipinski definition) is 2. The van der Waals surface area contributed by atoms with Crippen LogP contribution in [-0.4, -0.2) is 14.5 Å². The Morgan fingerprint density at radius 1 is 1.14 bits per heavy atom. The molecule has 2 heterocycles. The maximum absolute atomic E-state index is 12.7. The fourth-order valence-corrected chi connectivity index (χ4v) is 3.01. The zero-order valence-corrected chi connectivity index (χ0v) is 11.5. The summed E-state index contributed by atoms with van der Waals surface area (Å²) in [5.74, 6) is 0.158. The molecule has 1 atom stereocenters. The first-order chi connectivity index (χ1) is 9.95. The molecule has 0 amide bonds. The molecule has 1 N–H and O–H groups in total. The van der Waals surface area contributed by atoms with E-state index < -0.39 is 17.8 Å². The number of imidazole rings is 1. The van der Waals surface area contributed by atoms with Crippen LogP contribution in [0.1, 0.15) is 49.5 Å². The molecule has 2 aromatic heterocycles. The average molecular weight is 298 g/mol. The number of fused-ring (bicyclic) bond motifs is 1. The molecule has 0 spiro atoms. The van der Waals surface area contributed by atoms with E-state index >= 15 is 0 Å². The van der Waals surface area contributed by atoms with Gasteiger partial charge in [-0.15, -0.1) is 0 Å². The Bertz CT molecular complexity index is 629. The van der Waals surface area contributed by atoms with Gasteiger partial charge in [0.1, 0.15) is 11.8 Å². The number of hydrogen-bond donors (Lipinski definition) is 1. The molecular formula is C15H17F3N2O. The van der Waals surface area contributed by atoms with Crippen molar-refractivity contribution < 1.29 is 18.3 Å². The van der Waals surface area contributed by atoms with E-state index in [-0.39, 0.29) is 5.92 Å². The number of nitrogens with zero attached hydrogens (tertiary/aromatic N) is 2. The highest BCUT2D eigenvalue weighted by Gasteiger charge is 2.31. The van der Waals surface area contributed by atoms with Gasteiger partial charge in [-0.05, 0) is 30.9 Å². The maximum Gasteiger partial charge on any atom is 0.417 e. The van der Waals surface area contributed by atoms with E-state index in [1.54, 1.807) is 0 Å². The Balaban J connectivity index is 1.89. The Labute approximate surface area is 120 Å². The third-order valence-electron chi connectivity index (χ3n) is 4.20. The summed E-state index contributed by atoms with van der Waals surface area (Å²) >= 11 is 0. The molecule has 21 heavy (non-hydrogen) atoms. The molecule has 1 unspecified atom stereocenters. The smallest absolute Gasteiger partial charge is 0.386 e. The van der Waals surface area contributed by atoms with E-state index in [1.807, 2.05) is 0 Å². The van der Waals surface area contributed by atoms with Crippen molar-refractivity contribution in [1.29, 1.82) is 0 Å². The van der Waals surface area contributed by atoms with Crippen molar-refractivity contribution in [1.82, 2.24) is 9.38 Å². The van der Waals surface area contributed by atoms with Gasteiger partial charge in [-0.3, -0.25) is 0 Å². The highest BCUT2D eigenvalue weighted by molar-refractivity contribution is 5.42. The Morgan fingerprint density at radius 2 is 1.86 bits per heavy atom. The van der Waals surface area contributed by atoms with Gasteiger partial charge in [0.25, 0.3) is 0 Å². The number of pyridine rings is 1. The minimum absolute atomic E-state index is 0.158. The second-order valence-corrected chi connectivity index (χ2v) is 5.69. The van der Waals surface area contributed by atoms with Crippen molar-refractivity contribution in [3.05, 3.63) is 35.8 Å². The Kier molecular flexibility index (Phi) is 3.65. The lowest BCUT2D eigenvalue weighted by Crippen LogP contribution is -2.16. The molecule has 6 heteroatoms. The van der Waals surface area contributed by atoms with Crippen molar-refractivity contribution >= 4 is 5.65 Å². The summed E-state index contributed by atoms with van der Waals surface area (Å²) in [5.41, 5.74) is 0.167. The minimum atomic E-state index is -4.37. The minimum Gasteiger partial charge on any atom is -0.386 e. The lowest BCUT2D eigenvalue weighted by atomic mass is 9.84. The maximum atomic E-state index is 12.7. The fraction of sp³-hybridized carbons (Fsp3) is 0.533. The van der Waals surface area contributed by atoms with Crippen LogP contribution in [-0.2, 0) is 6.18 Å². The number of aliphatic hydroxyl groups excluding tert-OH is 1. The molecule has 3 rings (SSSR count). The van der Waals surface area contributed by atoms with Crippen LogP contribution in [0.2, 0.25) is 0 Å². The molecule has 0 saturated heterocycles. The largest absolute Gasteiger partial charge is 0.417 e. The lowest BCUT2D eigenvalue weighted by molar-refractivity contribution is -0.137. The molecule has 2 aromatic rings. The third kappa shape index (κ3) is 2.90. The van der Waals surface area contributed by atoms with Crippen molar-refractivity contribution in [2.45, 2.75) is 44.4 Å². The van der Waals surface area contributed by atoms with Crippen molar-refractivity contribution in [3.63, 3.8) is 0 Å². The second-order valence-electron chi connectivity index (χ2n) is 5.69. The molecular weight excluding hydrogens is 281 g/mol. The second kappa shape index (κ2) is 5.33. The van der Waals surface area contributed by atoms with Crippen molar-refractivity contribution in [3.8, 4) is 0 Å². The third-order valence-corrected chi connectivity index (χ3v) is 4.20. The predicted octanol–water partition coefficient (Wildman–Crippen LogP) is 3.97. The fourth-order valence-electron chi connectivity index (χ4n) is 3.01. The summed E-state index contributed by atoms with van der Waals surface area (Å²) in [5, 5.41) is 10.4. The normalized spacial score (nSPS) is 19.0. The van der Waals surface area contributed by atoms with Gasteiger partial charge in [0.2, 0.25) is 0 Å².